The van der Waals surface area contributed by atoms with Crippen LogP contribution < -0.4 is 15.0 Å². The number of fused-ring (bicyclic) bond motifs is 1. The van der Waals surface area contributed by atoms with E-state index in [4.69, 9.17) is 4.74 Å². The predicted octanol–water partition coefficient (Wildman–Crippen LogP) is 7.17. The third-order valence-electron chi connectivity index (χ3n) is 6.23. The minimum atomic E-state index is -0.777. The van der Waals surface area contributed by atoms with Crippen LogP contribution in [0.2, 0.25) is 0 Å². The number of ether oxygens (including phenoxy) is 1. The van der Waals surface area contributed by atoms with Gasteiger partial charge in [0.15, 0.2) is 0 Å². The van der Waals surface area contributed by atoms with Crippen LogP contribution in [0.25, 0.3) is 16.8 Å². The number of hydrogen-bond donors (Lipinski definition) is 1. The van der Waals surface area contributed by atoms with Crippen molar-refractivity contribution in [3.05, 3.63) is 110 Å². The molecule has 1 heterocycles. The van der Waals surface area contributed by atoms with E-state index in [1.54, 1.807) is 24.3 Å². The van der Waals surface area contributed by atoms with Gasteiger partial charge in [-0.25, -0.2) is 9.69 Å². The van der Waals surface area contributed by atoms with Gasteiger partial charge in [-0.2, -0.15) is 0 Å². The fraction of sp³-hybridized carbons (Fsp3) is 0.100. The predicted molar refractivity (Wildman–Crippen MR) is 155 cm³/mol. The number of halogens is 2. The van der Waals surface area contributed by atoms with Crippen LogP contribution in [0.15, 0.2) is 93.4 Å². The molecule has 0 spiro atoms. The summed E-state index contributed by atoms with van der Waals surface area (Å²) >= 11 is 7.09. The number of imide groups is 2. The van der Waals surface area contributed by atoms with Gasteiger partial charge in [-0.15, -0.1) is 0 Å². The zero-order valence-electron chi connectivity index (χ0n) is 20.3. The summed E-state index contributed by atoms with van der Waals surface area (Å²) in [5.41, 5.74) is 2.92. The minimum Gasteiger partial charge on any atom is -0.487 e. The molecular formula is C30H22Br2N2O4. The molecule has 4 amide bonds. The van der Waals surface area contributed by atoms with Crippen molar-refractivity contribution in [2.24, 2.45) is 0 Å². The van der Waals surface area contributed by atoms with Crippen molar-refractivity contribution in [1.82, 2.24) is 5.32 Å². The van der Waals surface area contributed by atoms with Crippen molar-refractivity contribution < 1.29 is 19.1 Å². The van der Waals surface area contributed by atoms with Gasteiger partial charge < -0.3 is 4.74 Å². The molecule has 38 heavy (non-hydrogen) atoms. The molecule has 0 radical (unpaired) electrons. The Kier molecular flexibility index (Phi) is 7.44. The van der Waals surface area contributed by atoms with Crippen LogP contribution in [0.3, 0.4) is 0 Å². The smallest absolute Gasteiger partial charge is 0.335 e. The number of urea groups is 1. The first kappa shape index (κ1) is 25.9. The van der Waals surface area contributed by atoms with Crippen LogP contribution >= 0.6 is 31.9 Å². The van der Waals surface area contributed by atoms with E-state index < -0.39 is 17.8 Å². The Balaban J connectivity index is 1.38. The summed E-state index contributed by atoms with van der Waals surface area (Å²) in [7, 11) is 0. The second-order valence-corrected chi connectivity index (χ2v) is 10.5. The average Bonchev–Trinajstić information content (AvgIpc) is 2.91. The summed E-state index contributed by atoms with van der Waals surface area (Å²) in [4.78, 5) is 39.3. The number of benzene rings is 4. The Morgan fingerprint density at radius 2 is 1.50 bits per heavy atom. The molecule has 0 aliphatic carbocycles. The second kappa shape index (κ2) is 10.9. The molecule has 5 rings (SSSR count). The Hall–Kier alpha value is -3.75. The Labute approximate surface area is 236 Å². The fourth-order valence-corrected chi connectivity index (χ4v) is 5.67. The summed E-state index contributed by atoms with van der Waals surface area (Å²) in [5.74, 6) is -0.843. The highest BCUT2D eigenvalue weighted by Crippen LogP contribution is 2.36. The van der Waals surface area contributed by atoms with Crippen molar-refractivity contribution in [3.8, 4) is 5.75 Å². The lowest BCUT2D eigenvalue weighted by atomic mass is 10.1. The largest absolute Gasteiger partial charge is 0.487 e. The molecule has 0 unspecified atom stereocenters. The van der Waals surface area contributed by atoms with Crippen LogP contribution in [-0.4, -0.2) is 17.8 Å². The number of anilines is 1. The van der Waals surface area contributed by atoms with E-state index in [-0.39, 0.29) is 5.57 Å². The van der Waals surface area contributed by atoms with Crippen molar-refractivity contribution in [2.75, 3.05) is 4.90 Å². The first-order chi connectivity index (χ1) is 18.3. The van der Waals surface area contributed by atoms with Gasteiger partial charge in [-0.05, 0) is 102 Å². The number of rotatable bonds is 6. The molecule has 1 aliphatic heterocycles. The molecule has 0 bridgehead atoms. The molecule has 1 saturated heterocycles. The molecule has 4 aromatic rings. The standard InChI is InChI=1S/C30H22Br2N2O4/c1-2-18-8-11-23(12-9-18)34-29(36)24(28(35)33-30(34)37)14-20-15-25(31)27(26(32)16-20)38-17-19-7-10-21-5-3-4-6-22(21)13-19/h3-16H,2,17H2,1H3,(H,33,35,37)/b24-14-. The van der Waals surface area contributed by atoms with E-state index in [1.165, 1.54) is 6.08 Å². The van der Waals surface area contributed by atoms with E-state index in [0.29, 0.717) is 32.6 Å². The monoisotopic (exact) mass is 632 g/mol. The maximum absolute atomic E-state index is 13.2. The highest BCUT2D eigenvalue weighted by molar-refractivity contribution is 9.11. The first-order valence-corrected chi connectivity index (χ1v) is 13.5. The maximum Gasteiger partial charge on any atom is 0.335 e. The van der Waals surface area contributed by atoms with Crippen LogP contribution in [0.1, 0.15) is 23.6 Å². The zero-order chi connectivity index (χ0) is 26.8. The number of nitrogens with one attached hydrogen (secondary N) is 1. The number of amides is 4. The average molecular weight is 634 g/mol. The summed E-state index contributed by atoms with van der Waals surface area (Å²) in [6, 6.07) is 24.1. The lowest BCUT2D eigenvalue weighted by Gasteiger charge is -2.26. The second-order valence-electron chi connectivity index (χ2n) is 8.76. The lowest BCUT2D eigenvalue weighted by molar-refractivity contribution is -0.122. The molecule has 0 aromatic heterocycles. The van der Waals surface area contributed by atoms with E-state index in [1.807, 2.05) is 37.3 Å². The quantitative estimate of drug-likeness (QED) is 0.180. The summed E-state index contributed by atoms with van der Waals surface area (Å²) in [6.45, 7) is 2.38. The lowest BCUT2D eigenvalue weighted by Crippen LogP contribution is -2.54. The number of carbonyl (C=O) groups is 3. The Morgan fingerprint density at radius 3 is 2.18 bits per heavy atom. The Morgan fingerprint density at radius 1 is 0.842 bits per heavy atom. The molecule has 190 valence electrons. The van der Waals surface area contributed by atoms with Gasteiger partial charge in [0.05, 0.1) is 14.6 Å². The third kappa shape index (κ3) is 5.28. The summed E-state index contributed by atoms with van der Waals surface area (Å²) in [6.07, 6.45) is 2.29. The van der Waals surface area contributed by atoms with Crippen molar-refractivity contribution >= 4 is 72.2 Å². The molecule has 1 aliphatic rings. The SMILES string of the molecule is CCc1ccc(N2C(=O)NC(=O)/C(=C/c3cc(Br)c(OCc4ccc5ccccc5c4)c(Br)c3)C2=O)cc1. The number of carbonyl (C=O) groups excluding carboxylic acids is 3. The van der Waals surface area contributed by atoms with Crippen molar-refractivity contribution in [1.29, 1.82) is 0 Å². The molecule has 1 N–H and O–H groups in total. The molecule has 1 fully saturated rings. The molecule has 0 atom stereocenters. The van der Waals surface area contributed by atoms with E-state index >= 15 is 0 Å². The third-order valence-corrected chi connectivity index (χ3v) is 7.41. The van der Waals surface area contributed by atoms with E-state index in [0.717, 1.165) is 33.2 Å². The number of nitrogens with zero attached hydrogens (tertiary/aromatic N) is 1. The van der Waals surface area contributed by atoms with E-state index in [2.05, 4.69) is 61.4 Å². The molecule has 6 nitrogen and oxygen atoms in total. The van der Waals surface area contributed by atoms with Gasteiger partial charge in [0, 0.05) is 0 Å². The topological polar surface area (TPSA) is 75.7 Å². The molecule has 0 saturated carbocycles. The van der Waals surface area contributed by atoms with Gasteiger partial charge in [0.1, 0.15) is 17.9 Å². The van der Waals surface area contributed by atoms with Gasteiger partial charge in [0.25, 0.3) is 11.8 Å². The fourth-order valence-electron chi connectivity index (χ4n) is 4.22. The number of barbiturate groups is 1. The molecule has 4 aromatic carbocycles. The molecular weight excluding hydrogens is 612 g/mol. The van der Waals surface area contributed by atoms with Crippen LogP contribution in [0.5, 0.6) is 5.75 Å². The maximum atomic E-state index is 13.2. The van der Waals surface area contributed by atoms with Crippen molar-refractivity contribution in [3.63, 3.8) is 0 Å². The van der Waals surface area contributed by atoms with Gasteiger partial charge in [0.2, 0.25) is 0 Å². The van der Waals surface area contributed by atoms with Gasteiger partial charge in [-0.1, -0.05) is 55.5 Å². The normalized spacial score (nSPS) is 14.8. The van der Waals surface area contributed by atoms with Crippen LogP contribution in [0, 0.1) is 0 Å². The highest BCUT2D eigenvalue weighted by atomic mass is 79.9. The van der Waals surface area contributed by atoms with Crippen LogP contribution in [-0.2, 0) is 22.6 Å². The van der Waals surface area contributed by atoms with Gasteiger partial charge >= 0.3 is 6.03 Å². The number of hydrogen-bond acceptors (Lipinski definition) is 4. The zero-order valence-corrected chi connectivity index (χ0v) is 23.5. The van der Waals surface area contributed by atoms with Crippen molar-refractivity contribution in [2.45, 2.75) is 20.0 Å². The van der Waals surface area contributed by atoms with E-state index in [9.17, 15) is 14.4 Å². The summed E-state index contributed by atoms with van der Waals surface area (Å²) < 4.78 is 7.37. The summed E-state index contributed by atoms with van der Waals surface area (Å²) in [5, 5.41) is 4.56. The first-order valence-electron chi connectivity index (χ1n) is 11.9. The number of aryl methyl sites for hydroxylation is 1. The van der Waals surface area contributed by atoms with Gasteiger partial charge in [-0.3, -0.25) is 14.9 Å². The Bertz CT molecular complexity index is 1590. The minimum absolute atomic E-state index is 0.146. The highest BCUT2D eigenvalue weighted by Gasteiger charge is 2.36. The molecule has 8 heteroatoms. The van der Waals surface area contributed by atoms with Crippen LogP contribution in [0.4, 0.5) is 10.5 Å².